The lowest BCUT2D eigenvalue weighted by atomic mass is 10.6. The molecule has 0 aliphatic carbocycles. The summed E-state index contributed by atoms with van der Waals surface area (Å²) < 4.78 is 0. The van der Waals surface area contributed by atoms with Crippen molar-refractivity contribution in [2.45, 2.75) is 6.92 Å². The summed E-state index contributed by atoms with van der Waals surface area (Å²) in [5.41, 5.74) is 4.92. The van der Waals surface area contributed by atoms with Gasteiger partial charge in [0.15, 0.2) is 0 Å². The summed E-state index contributed by atoms with van der Waals surface area (Å²) in [6, 6.07) is 0. The molecule has 0 saturated heterocycles. The minimum Gasteiger partial charge on any atom is -0.475 e. The molecule has 0 spiro atoms. The van der Waals surface area contributed by atoms with Gasteiger partial charge in [0.2, 0.25) is 5.84 Å². The van der Waals surface area contributed by atoms with Crippen LogP contribution in [0.3, 0.4) is 0 Å². The third-order valence-electron chi connectivity index (χ3n) is 0.680. The number of carboxylic acids is 1. The van der Waals surface area contributed by atoms with Crippen molar-refractivity contribution < 1.29 is 9.90 Å². The van der Waals surface area contributed by atoms with E-state index in [1.807, 2.05) is 6.92 Å². The molecule has 10 heavy (non-hydrogen) atoms. The lowest BCUT2D eigenvalue weighted by Crippen LogP contribution is -2.22. The van der Waals surface area contributed by atoms with E-state index >= 15 is 0 Å². The molecule has 0 amide bonds. The molecule has 0 aromatic rings. The van der Waals surface area contributed by atoms with E-state index in [1.54, 1.807) is 0 Å². The molecule has 5 nitrogen and oxygen atoms in total. The van der Waals surface area contributed by atoms with Crippen LogP contribution in [-0.4, -0.2) is 29.8 Å². The molecule has 3 N–H and O–H groups in total. The molecule has 0 rings (SSSR count). The molecule has 0 bridgehead atoms. The van der Waals surface area contributed by atoms with Crippen molar-refractivity contribution in [3.63, 3.8) is 0 Å². The quantitative estimate of drug-likeness (QED) is 0.402. The fourth-order valence-corrected chi connectivity index (χ4v) is 0.240. The molecule has 0 fully saturated rings. The van der Waals surface area contributed by atoms with Crippen molar-refractivity contribution in [2.75, 3.05) is 6.54 Å². The Kier molecular flexibility index (Phi) is 3.86. The highest BCUT2D eigenvalue weighted by molar-refractivity contribution is 6.34. The van der Waals surface area contributed by atoms with Gasteiger partial charge in [0, 0.05) is 6.54 Å². The molecule has 0 atom stereocenters. The largest absolute Gasteiger partial charge is 0.475 e. The lowest BCUT2D eigenvalue weighted by molar-refractivity contribution is -0.129. The maximum atomic E-state index is 9.98. The van der Waals surface area contributed by atoms with Gasteiger partial charge in [-0.05, 0) is 6.92 Å². The van der Waals surface area contributed by atoms with E-state index < -0.39 is 11.8 Å². The van der Waals surface area contributed by atoms with Crippen molar-refractivity contribution in [3.8, 4) is 0 Å². The number of carboxylic acid groups (broad SMARTS) is 1. The number of rotatable bonds is 2. The summed E-state index contributed by atoms with van der Waals surface area (Å²) in [5, 5.41) is 8.16. The van der Waals surface area contributed by atoms with Crippen LogP contribution in [-0.2, 0) is 4.79 Å². The Hall–Kier alpha value is -1.39. The number of hydrogen-bond acceptors (Lipinski definition) is 2. The molecule has 0 radical (unpaired) electrons. The predicted octanol–water partition coefficient (Wildman–Crippen LogP) is -0.524. The van der Waals surface area contributed by atoms with Crippen LogP contribution >= 0.6 is 0 Å². The van der Waals surface area contributed by atoms with Crippen LogP contribution in [0.15, 0.2) is 9.98 Å². The summed E-state index contributed by atoms with van der Waals surface area (Å²) in [6.45, 7) is 2.37. The highest BCUT2D eigenvalue weighted by atomic mass is 16.4. The van der Waals surface area contributed by atoms with Gasteiger partial charge in [-0.1, -0.05) is 0 Å². The maximum Gasteiger partial charge on any atom is 0.371 e. The second kappa shape index (κ2) is 4.49. The molecular weight excluding hydrogens is 134 g/mol. The first kappa shape index (κ1) is 8.61. The number of carbonyl (C=O) groups is 1. The first-order chi connectivity index (χ1) is 4.68. The molecule has 0 unspecified atom stereocenters. The molecule has 0 saturated carbocycles. The minimum absolute atomic E-state index is 0.447. The Morgan fingerprint density at radius 1 is 1.80 bits per heavy atom. The second-order valence-electron chi connectivity index (χ2n) is 1.43. The van der Waals surface area contributed by atoms with Crippen molar-refractivity contribution in [3.05, 3.63) is 0 Å². The Balaban J connectivity index is 3.92. The van der Waals surface area contributed by atoms with Gasteiger partial charge in [0.25, 0.3) is 0 Å². The smallest absolute Gasteiger partial charge is 0.371 e. The average molecular weight is 143 g/mol. The van der Waals surface area contributed by atoms with Crippen molar-refractivity contribution in [1.29, 1.82) is 0 Å². The van der Waals surface area contributed by atoms with Gasteiger partial charge in [-0.25, -0.2) is 9.79 Å². The molecule has 0 aliphatic rings. The minimum atomic E-state index is -1.23. The highest BCUT2D eigenvalue weighted by Crippen LogP contribution is 1.68. The number of aliphatic carboxylic acids is 1. The second-order valence-corrected chi connectivity index (χ2v) is 1.43. The van der Waals surface area contributed by atoms with Crippen molar-refractivity contribution in [2.24, 2.45) is 15.7 Å². The van der Waals surface area contributed by atoms with Gasteiger partial charge in [-0.2, -0.15) is 0 Å². The highest BCUT2D eigenvalue weighted by Gasteiger charge is 1.98. The van der Waals surface area contributed by atoms with E-state index in [1.165, 1.54) is 0 Å². The Bertz CT molecular complexity index is 174. The first-order valence-electron chi connectivity index (χ1n) is 2.73. The van der Waals surface area contributed by atoms with E-state index in [-0.39, 0.29) is 0 Å². The number of nitrogens with zero attached hydrogens (tertiary/aromatic N) is 2. The number of amidine groups is 1. The summed E-state index contributed by atoms with van der Waals surface area (Å²) in [4.78, 5) is 16.9. The van der Waals surface area contributed by atoms with E-state index in [0.29, 0.717) is 6.54 Å². The molecule has 56 valence electrons. The summed E-state index contributed by atoms with van der Waals surface area (Å²) in [6.07, 6.45) is 1.13. The third-order valence-corrected chi connectivity index (χ3v) is 0.680. The molecule has 0 aliphatic heterocycles. The Labute approximate surface area is 58.3 Å². The summed E-state index contributed by atoms with van der Waals surface area (Å²) in [7, 11) is 0. The fraction of sp³-hybridized carbons (Fsp3) is 0.400. The van der Waals surface area contributed by atoms with Crippen LogP contribution in [0.2, 0.25) is 0 Å². The van der Waals surface area contributed by atoms with Crippen molar-refractivity contribution in [1.82, 2.24) is 0 Å². The number of hydrogen-bond donors (Lipinski definition) is 2. The third kappa shape index (κ3) is 3.59. The van der Waals surface area contributed by atoms with Crippen molar-refractivity contribution >= 4 is 18.1 Å². The molecule has 0 aromatic carbocycles. The zero-order valence-corrected chi connectivity index (χ0v) is 5.61. The van der Waals surface area contributed by atoms with E-state index in [2.05, 4.69) is 9.98 Å². The van der Waals surface area contributed by atoms with Gasteiger partial charge in [-0.3, -0.25) is 4.99 Å². The van der Waals surface area contributed by atoms with Crippen LogP contribution in [0.25, 0.3) is 0 Å². The Morgan fingerprint density at radius 2 is 2.40 bits per heavy atom. The standard InChI is InChI=1S/C5H9N3O2/c1-2-7-3-8-4(6)5(9)10/h3H,2H2,1H3,(H,9,10)(H2,6,7,8). The Morgan fingerprint density at radius 3 is 2.80 bits per heavy atom. The van der Waals surface area contributed by atoms with Gasteiger partial charge >= 0.3 is 5.97 Å². The van der Waals surface area contributed by atoms with Crippen LogP contribution < -0.4 is 5.73 Å². The van der Waals surface area contributed by atoms with E-state index in [0.717, 1.165) is 6.34 Å². The fourth-order valence-electron chi connectivity index (χ4n) is 0.240. The first-order valence-corrected chi connectivity index (χ1v) is 2.73. The van der Waals surface area contributed by atoms with Gasteiger partial charge in [0.1, 0.15) is 6.34 Å². The number of nitrogens with two attached hydrogens (primary N) is 1. The SMILES string of the molecule is CCN=CN=C(N)C(=O)O. The zero-order chi connectivity index (χ0) is 7.98. The average Bonchev–Trinajstić information content (AvgIpc) is 1.88. The lowest BCUT2D eigenvalue weighted by Gasteiger charge is -1.85. The maximum absolute atomic E-state index is 9.98. The molecule has 0 heterocycles. The predicted molar refractivity (Wildman–Crippen MR) is 38.3 cm³/mol. The monoisotopic (exact) mass is 143 g/mol. The van der Waals surface area contributed by atoms with Gasteiger partial charge in [0.05, 0.1) is 0 Å². The topological polar surface area (TPSA) is 88.0 Å². The van der Waals surface area contributed by atoms with Crippen LogP contribution in [0.1, 0.15) is 6.92 Å². The molecule has 5 heteroatoms. The van der Waals surface area contributed by atoms with Crippen LogP contribution in [0.5, 0.6) is 0 Å². The number of aliphatic imine (C=N–C) groups is 2. The van der Waals surface area contributed by atoms with Gasteiger partial charge < -0.3 is 10.8 Å². The van der Waals surface area contributed by atoms with Gasteiger partial charge in [-0.15, -0.1) is 0 Å². The molecule has 0 aromatic heterocycles. The van der Waals surface area contributed by atoms with E-state index in [4.69, 9.17) is 10.8 Å². The van der Waals surface area contributed by atoms with E-state index in [9.17, 15) is 4.79 Å². The summed E-state index contributed by atoms with van der Waals surface area (Å²) >= 11 is 0. The normalized spacial score (nSPS) is 12.3. The van der Waals surface area contributed by atoms with Crippen LogP contribution in [0, 0.1) is 0 Å². The zero-order valence-electron chi connectivity index (χ0n) is 5.61. The molecular formula is C5H9N3O2. The van der Waals surface area contributed by atoms with Crippen LogP contribution in [0.4, 0.5) is 0 Å². The summed E-state index contributed by atoms with van der Waals surface area (Å²) in [5.74, 6) is -1.68.